The molecule has 0 aliphatic heterocycles. The zero-order chi connectivity index (χ0) is 9.14. The predicted octanol–water partition coefficient (Wildman–Crippen LogP) is 2.73. The zero-order valence-electron chi connectivity index (χ0n) is 6.38. The van der Waals surface area contributed by atoms with Crippen LogP contribution in [0.1, 0.15) is 6.92 Å². The van der Waals surface area contributed by atoms with Crippen molar-refractivity contribution in [3.05, 3.63) is 21.3 Å². The van der Waals surface area contributed by atoms with E-state index < -0.39 is 11.2 Å². The Balaban J connectivity index is 3.04. The topological polar surface area (TPSA) is 36.0 Å². The smallest absolute Gasteiger partial charge is 0.186 e. The summed E-state index contributed by atoms with van der Waals surface area (Å²) >= 11 is 5.57. The monoisotopic (exact) mass is 311 g/mol. The van der Waals surface area contributed by atoms with Gasteiger partial charge >= 0.3 is 0 Å². The number of halogens is 2. The third kappa shape index (κ3) is 2.45. The zero-order valence-corrected chi connectivity index (χ0v) is 10.4. The van der Waals surface area contributed by atoms with Crippen molar-refractivity contribution in [1.82, 2.24) is 4.98 Å². The molecule has 1 unspecified atom stereocenters. The molecule has 1 rings (SSSR count). The van der Waals surface area contributed by atoms with Crippen molar-refractivity contribution < 1.29 is 4.55 Å². The molecule has 1 aromatic rings. The molecule has 2 nitrogen and oxygen atoms in total. The van der Waals surface area contributed by atoms with Crippen LogP contribution in [0, 0.1) is 0 Å². The normalized spacial score (nSPS) is 13.0. The second-order valence-electron chi connectivity index (χ2n) is 2.08. The first-order valence-corrected chi connectivity index (χ1v) is 6.25. The summed E-state index contributed by atoms with van der Waals surface area (Å²) in [6.07, 6.45) is 1.67. The summed E-state index contributed by atoms with van der Waals surface area (Å²) in [5.74, 6) is 0.608. The van der Waals surface area contributed by atoms with Crippen molar-refractivity contribution in [3.8, 4) is 0 Å². The van der Waals surface area contributed by atoms with Gasteiger partial charge < -0.3 is 4.55 Å². The fourth-order valence-corrected chi connectivity index (χ4v) is 2.77. The summed E-state index contributed by atoms with van der Waals surface area (Å²) in [5.41, 5.74) is 0. The minimum atomic E-state index is -0.952. The lowest BCUT2D eigenvalue weighted by Crippen LogP contribution is -2.05. The van der Waals surface area contributed by atoms with E-state index in [1.807, 2.05) is 13.0 Å². The molecule has 66 valence electrons. The summed E-state index contributed by atoms with van der Waals surface area (Å²) in [5, 5.41) is 0. The molecule has 1 atom stereocenters. The van der Waals surface area contributed by atoms with E-state index in [-0.39, 0.29) is 0 Å². The van der Waals surface area contributed by atoms with Gasteiger partial charge in [-0.25, -0.2) is 4.98 Å². The minimum Gasteiger partial charge on any atom is -0.611 e. The van der Waals surface area contributed by atoms with Crippen molar-refractivity contribution in [2.45, 2.75) is 11.8 Å². The molecule has 0 aromatic carbocycles. The highest BCUT2D eigenvalue weighted by atomic mass is 79.9. The van der Waals surface area contributed by atoms with Gasteiger partial charge in [-0.1, -0.05) is 0 Å². The van der Waals surface area contributed by atoms with E-state index in [1.165, 1.54) is 0 Å². The fourth-order valence-electron chi connectivity index (χ4n) is 0.719. The predicted molar refractivity (Wildman–Crippen MR) is 56.6 cm³/mol. The van der Waals surface area contributed by atoms with Crippen LogP contribution >= 0.6 is 31.9 Å². The Kier molecular flexibility index (Phi) is 4.02. The van der Waals surface area contributed by atoms with Gasteiger partial charge in [0.1, 0.15) is 5.75 Å². The summed E-state index contributed by atoms with van der Waals surface area (Å²) in [6.45, 7) is 1.88. The molecule has 0 N–H and O–H groups in total. The van der Waals surface area contributed by atoms with Gasteiger partial charge in [0.25, 0.3) is 0 Å². The van der Waals surface area contributed by atoms with Gasteiger partial charge in [-0.05, 0) is 50.0 Å². The summed E-state index contributed by atoms with van der Waals surface area (Å²) < 4.78 is 12.9. The SMILES string of the molecule is CC[S+]([O-])c1cc(Br)cnc1Br. The van der Waals surface area contributed by atoms with Crippen molar-refractivity contribution in [2.75, 3.05) is 5.75 Å². The lowest BCUT2D eigenvalue weighted by molar-refractivity contribution is 0.595. The maximum absolute atomic E-state index is 11.4. The number of pyridine rings is 1. The largest absolute Gasteiger partial charge is 0.611 e. The number of nitrogens with zero attached hydrogens (tertiary/aromatic N) is 1. The molecule has 0 saturated carbocycles. The van der Waals surface area contributed by atoms with E-state index >= 15 is 0 Å². The maximum Gasteiger partial charge on any atom is 0.186 e. The Hall–Kier alpha value is 0.420. The van der Waals surface area contributed by atoms with Crippen LogP contribution in [-0.4, -0.2) is 15.3 Å². The van der Waals surface area contributed by atoms with Gasteiger partial charge in [-0.2, -0.15) is 0 Å². The highest BCUT2D eigenvalue weighted by Crippen LogP contribution is 2.23. The number of hydrogen-bond donors (Lipinski definition) is 0. The highest BCUT2D eigenvalue weighted by Gasteiger charge is 2.13. The molecule has 0 aliphatic rings. The lowest BCUT2D eigenvalue weighted by Gasteiger charge is -2.08. The van der Waals surface area contributed by atoms with Crippen LogP contribution in [0.4, 0.5) is 0 Å². The van der Waals surface area contributed by atoms with E-state index in [0.29, 0.717) is 10.4 Å². The van der Waals surface area contributed by atoms with Crippen LogP contribution in [0.5, 0.6) is 0 Å². The molecule has 5 heteroatoms. The first kappa shape index (κ1) is 10.5. The molecule has 0 radical (unpaired) electrons. The second-order valence-corrected chi connectivity index (χ2v) is 5.45. The molecule has 0 fully saturated rings. The van der Waals surface area contributed by atoms with E-state index in [0.717, 1.165) is 9.37 Å². The molecule has 12 heavy (non-hydrogen) atoms. The standard InChI is InChI=1S/C7H7Br2NOS/c1-2-12(11)6-3-5(8)4-10-7(6)9/h3-4H,2H2,1H3. The molecular weight excluding hydrogens is 306 g/mol. The van der Waals surface area contributed by atoms with Crippen LogP contribution in [0.25, 0.3) is 0 Å². The maximum atomic E-state index is 11.4. The van der Waals surface area contributed by atoms with E-state index in [2.05, 4.69) is 36.8 Å². The number of hydrogen-bond acceptors (Lipinski definition) is 2. The van der Waals surface area contributed by atoms with Crippen molar-refractivity contribution >= 4 is 43.0 Å². The molecule has 1 aromatic heterocycles. The van der Waals surface area contributed by atoms with Crippen molar-refractivity contribution in [1.29, 1.82) is 0 Å². The summed E-state index contributed by atoms with van der Waals surface area (Å²) in [6, 6.07) is 1.82. The number of aromatic nitrogens is 1. The van der Waals surface area contributed by atoms with Crippen LogP contribution < -0.4 is 0 Å². The van der Waals surface area contributed by atoms with Gasteiger partial charge in [-0.3, -0.25) is 0 Å². The van der Waals surface area contributed by atoms with Crippen LogP contribution in [0.15, 0.2) is 26.2 Å². The van der Waals surface area contributed by atoms with Crippen molar-refractivity contribution in [2.24, 2.45) is 0 Å². The summed E-state index contributed by atoms with van der Waals surface area (Å²) in [4.78, 5) is 4.77. The quantitative estimate of drug-likeness (QED) is 0.622. The Labute approximate surface area is 91.2 Å². The molecule has 0 bridgehead atoms. The molecule has 0 saturated heterocycles. The van der Waals surface area contributed by atoms with Crippen LogP contribution in [-0.2, 0) is 11.2 Å². The molecule has 0 aliphatic carbocycles. The minimum absolute atomic E-state index is 0.608. The van der Waals surface area contributed by atoms with Crippen molar-refractivity contribution in [3.63, 3.8) is 0 Å². The Morgan fingerprint density at radius 1 is 1.58 bits per heavy atom. The average Bonchev–Trinajstić information content (AvgIpc) is 2.08. The first-order chi connectivity index (χ1) is 5.65. The van der Waals surface area contributed by atoms with E-state index in [1.54, 1.807) is 6.20 Å². The van der Waals surface area contributed by atoms with Gasteiger partial charge in [0, 0.05) is 16.7 Å². The van der Waals surface area contributed by atoms with E-state index in [9.17, 15) is 4.55 Å². The van der Waals surface area contributed by atoms with Gasteiger partial charge in [0.15, 0.2) is 9.50 Å². The van der Waals surface area contributed by atoms with Gasteiger partial charge in [-0.15, -0.1) is 0 Å². The third-order valence-corrected chi connectivity index (χ3v) is 3.94. The number of rotatable bonds is 2. The Bertz CT molecular complexity index is 282. The van der Waals surface area contributed by atoms with Crippen LogP contribution in [0.3, 0.4) is 0 Å². The van der Waals surface area contributed by atoms with Crippen LogP contribution in [0.2, 0.25) is 0 Å². The first-order valence-electron chi connectivity index (χ1n) is 3.34. The van der Waals surface area contributed by atoms with Gasteiger partial charge in [0.05, 0.1) is 0 Å². The van der Waals surface area contributed by atoms with E-state index in [4.69, 9.17) is 0 Å². The molecule has 1 heterocycles. The Morgan fingerprint density at radius 2 is 2.25 bits per heavy atom. The lowest BCUT2D eigenvalue weighted by atomic mass is 10.5. The molecular formula is C7H7Br2NOS. The Morgan fingerprint density at radius 3 is 2.83 bits per heavy atom. The molecule has 0 spiro atoms. The second kappa shape index (κ2) is 4.60. The van der Waals surface area contributed by atoms with Gasteiger partial charge in [0.2, 0.25) is 0 Å². The third-order valence-electron chi connectivity index (χ3n) is 1.28. The average molecular weight is 313 g/mol. The highest BCUT2D eigenvalue weighted by molar-refractivity contribution is 9.11. The molecule has 0 amide bonds. The summed E-state index contributed by atoms with van der Waals surface area (Å²) in [7, 11) is 0. The fraction of sp³-hybridized carbons (Fsp3) is 0.286.